The summed E-state index contributed by atoms with van der Waals surface area (Å²) in [5.74, 6) is 0.963. The van der Waals surface area contributed by atoms with Crippen molar-refractivity contribution in [2.45, 2.75) is 25.8 Å². The first-order valence-corrected chi connectivity index (χ1v) is 10.3. The maximum absolute atomic E-state index is 13.1. The smallest absolute Gasteiger partial charge is 0.246 e. The lowest BCUT2D eigenvalue weighted by Gasteiger charge is -2.21. The van der Waals surface area contributed by atoms with E-state index in [0.29, 0.717) is 18.1 Å². The third-order valence-electron chi connectivity index (χ3n) is 5.33. The van der Waals surface area contributed by atoms with Gasteiger partial charge in [-0.3, -0.25) is 4.79 Å². The monoisotopic (exact) mass is 411 g/mol. The molecule has 0 fully saturated rings. The quantitative estimate of drug-likeness (QED) is 0.418. The van der Waals surface area contributed by atoms with Crippen LogP contribution >= 0.6 is 0 Å². The Morgan fingerprint density at radius 3 is 2.19 bits per heavy atom. The van der Waals surface area contributed by atoms with E-state index in [0.717, 1.165) is 22.3 Å². The summed E-state index contributed by atoms with van der Waals surface area (Å²) in [7, 11) is 1.77. The third-order valence-corrected chi connectivity index (χ3v) is 5.33. The minimum absolute atomic E-state index is 0.0112. The Morgan fingerprint density at radius 2 is 1.58 bits per heavy atom. The van der Waals surface area contributed by atoms with E-state index in [-0.39, 0.29) is 18.4 Å². The Hall–Kier alpha value is -3.73. The Morgan fingerprint density at radius 1 is 0.935 bits per heavy atom. The molecule has 0 aliphatic heterocycles. The highest BCUT2D eigenvalue weighted by Gasteiger charge is 2.22. The topological polar surface area (TPSA) is 59.2 Å². The summed E-state index contributed by atoms with van der Waals surface area (Å²) in [6, 6.07) is 28.2. The van der Waals surface area contributed by atoms with Crippen molar-refractivity contribution in [3.05, 3.63) is 108 Å². The minimum atomic E-state index is -0.0112. The average Bonchev–Trinajstić information content (AvgIpc) is 3.27. The Balaban J connectivity index is 1.47. The predicted molar refractivity (Wildman–Crippen MR) is 120 cm³/mol. The van der Waals surface area contributed by atoms with Crippen molar-refractivity contribution in [3.63, 3.8) is 0 Å². The van der Waals surface area contributed by atoms with Crippen molar-refractivity contribution >= 4 is 5.91 Å². The van der Waals surface area contributed by atoms with Gasteiger partial charge in [0.15, 0.2) is 0 Å². The number of nitrogens with zero attached hydrogens (tertiary/aromatic N) is 3. The van der Waals surface area contributed by atoms with Crippen molar-refractivity contribution in [1.82, 2.24) is 15.0 Å². The van der Waals surface area contributed by atoms with Crippen molar-refractivity contribution in [2.24, 2.45) is 0 Å². The number of hydrogen-bond acceptors (Lipinski definition) is 4. The molecule has 0 aliphatic rings. The van der Waals surface area contributed by atoms with Gasteiger partial charge < -0.3 is 9.42 Å². The SMILES string of the molecule is Cc1cccc(-c2noc(CN(C)C(=O)CC(c3ccccc3)c3ccccc3)n2)c1. The standard InChI is InChI=1S/C26H25N3O2/c1-19-10-9-15-22(16-19)26-27-24(31-28-26)18-29(2)25(30)17-23(20-11-5-3-6-12-20)21-13-7-4-8-14-21/h3-16,23H,17-18H2,1-2H3. The van der Waals surface area contributed by atoms with Crippen LogP contribution in [0.3, 0.4) is 0 Å². The lowest BCUT2D eigenvalue weighted by Crippen LogP contribution is -2.28. The highest BCUT2D eigenvalue weighted by Crippen LogP contribution is 2.28. The van der Waals surface area contributed by atoms with E-state index in [2.05, 4.69) is 34.4 Å². The van der Waals surface area contributed by atoms with Crippen LogP contribution in [0.2, 0.25) is 0 Å². The Bertz CT molecular complexity index is 1100. The van der Waals surface area contributed by atoms with Crippen LogP contribution in [0.4, 0.5) is 0 Å². The number of aromatic nitrogens is 2. The number of aryl methyl sites for hydroxylation is 1. The molecule has 0 bridgehead atoms. The molecular weight excluding hydrogens is 386 g/mol. The molecule has 3 aromatic carbocycles. The van der Waals surface area contributed by atoms with Gasteiger partial charge in [0.2, 0.25) is 17.6 Å². The summed E-state index contributed by atoms with van der Waals surface area (Å²) in [6.07, 6.45) is 0.364. The van der Waals surface area contributed by atoms with E-state index in [1.807, 2.05) is 67.6 Å². The molecule has 0 atom stereocenters. The molecule has 5 heteroatoms. The van der Waals surface area contributed by atoms with Gasteiger partial charge in [-0.25, -0.2) is 0 Å². The molecule has 1 amide bonds. The van der Waals surface area contributed by atoms with E-state index in [1.54, 1.807) is 11.9 Å². The van der Waals surface area contributed by atoms with Crippen LogP contribution in [0.5, 0.6) is 0 Å². The minimum Gasteiger partial charge on any atom is -0.337 e. The Kier molecular flexibility index (Phi) is 6.22. The first-order valence-electron chi connectivity index (χ1n) is 10.3. The van der Waals surface area contributed by atoms with E-state index in [1.165, 1.54) is 0 Å². The molecule has 1 heterocycles. The number of carbonyl (C=O) groups excluding carboxylic acids is 1. The second-order valence-electron chi connectivity index (χ2n) is 7.71. The second kappa shape index (κ2) is 9.39. The van der Waals surface area contributed by atoms with E-state index >= 15 is 0 Å². The second-order valence-corrected chi connectivity index (χ2v) is 7.71. The summed E-state index contributed by atoms with van der Waals surface area (Å²) < 4.78 is 5.40. The van der Waals surface area contributed by atoms with Gasteiger partial charge in [-0.05, 0) is 24.1 Å². The first-order chi connectivity index (χ1) is 15.1. The molecule has 0 radical (unpaired) electrons. The zero-order valence-electron chi connectivity index (χ0n) is 17.7. The fourth-order valence-electron chi connectivity index (χ4n) is 3.64. The molecule has 5 nitrogen and oxygen atoms in total. The van der Waals surface area contributed by atoms with Crippen LogP contribution in [-0.2, 0) is 11.3 Å². The molecule has 1 aromatic heterocycles. The first kappa shape index (κ1) is 20.5. The number of rotatable bonds is 7. The summed E-state index contributed by atoms with van der Waals surface area (Å²) in [5.41, 5.74) is 4.27. The maximum Gasteiger partial charge on any atom is 0.246 e. The van der Waals surface area contributed by atoms with Gasteiger partial charge in [-0.15, -0.1) is 0 Å². The lowest BCUT2D eigenvalue weighted by molar-refractivity contribution is -0.131. The van der Waals surface area contributed by atoms with Crippen LogP contribution in [0, 0.1) is 6.92 Å². The van der Waals surface area contributed by atoms with Crippen LogP contribution in [0.1, 0.15) is 34.9 Å². The van der Waals surface area contributed by atoms with Gasteiger partial charge >= 0.3 is 0 Å². The molecule has 156 valence electrons. The number of benzene rings is 3. The van der Waals surface area contributed by atoms with Crippen molar-refractivity contribution in [2.75, 3.05) is 7.05 Å². The van der Waals surface area contributed by atoms with Crippen LogP contribution in [0.15, 0.2) is 89.5 Å². The van der Waals surface area contributed by atoms with Crippen molar-refractivity contribution < 1.29 is 9.32 Å². The van der Waals surface area contributed by atoms with Gasteiger partial charge in [0.05, 0.1) is 6.54 Å². The van der Waals surface area contributed by atoms with E-state index < -0.39 is 0 Å². The summed E-state index contributed by atoms with van der Waals surface area (Å²) in [4.78, 5) is 19.2. The van der Waals surface area contributed by atoms with Crippen molar-refractivity contribution in [3.8, 4) is 11.4 Å². The molecule has 0 spiro atoms. The average molecular weight is 412 g/mol. The zero-order valence-corrected chi connectivity index (χ0v) is 17.7. The third kappa shape index (κ3) is 5.07. The molecule has 0 saturated heterocycles. The fourth-order valence-corrected chi connectivity index (χ4v) is 3.64. The fraction of sp³-hybridized carbons (Fsp3) is 0.192. The molecular formula is C26H25N3O2. The van der Waals surface area contributed by atoms with Gasteiger partial charge in [0, 0.05) is 24.9 Å². The van der Waals surface area contributed by atoms with Gasteiger partial charge in [0.1, 0.15) is 0 Å². The predicted octanol–water partition coefficient (Wildman–Crippen LogP) is 5.23. The summed E-state index contributed by atoms with van der Waals surface area (Å²) in [6.45, 7) is 2.29. The molecule has 4 rings (SSSR count). The Labute approximate surface area is 182 Å². The molecule has 0 unspecified atom stereocenters. The van der Waals surface area contributed by atoms with Crippen LogP contribution in [0.25, 0.3) is 11.4 Å². The molecule has 4 aromatic rings. The maximum atomic E-state index is 13.1. The van der Waals surface area contributed by atoms with Gasteiger partial charge in [-0.2, -0.15) is 4.98 Å². The number of hydrogen-bond donors (Lipinski definition) is 0. The number of carbonyl (C=O) groups is 1. The van der Waals surface area contributed by atoms with Crippen molar-refractivity contribution in [1.29, 1.82) is 0 Å². The lowest BCUT2D eigenvalue weighted by atomic mass is 9.88. The largest absolute Gasteiger partial charge is 0.337 e. The molecule has 0 saturated carbocycles. The van der Waals surface area contributed by atoms with E-state index in [9.17, 15) is 4.79 Å². The number of amides is 1. The normalized spacial score (nSPS) is 10.9. The highest BCUT2D eigenvalue weighted by molar-refractivity contribution is 5.77. The van der Waals surface area contributed by atoms with Crippen LogP contribution in [-0.4, -0.2) is 28.0 Å². The summed E-state index contributed by atoms with van der Waals surface area (Å²) >= 11 is 0. The van der Waals surface area contributed by atoms with E-state index in [4.69, 9.17) is 4.52 Å². The molecule has 0 aliphatic carbocycles. The van der Waals surface area contributed by atoms with Crippen LogP contribution < -0.4 is 0 Å². The summed E-state index contributed by atoms with van der Waals surface area (Å²) in [5, 5.41) is 4.07. The highest BCUT2D eigenvalue weighted by atomic mass is 16.5. The zero-order chi connectivity index (χ0) is 21.6. The molecule has 31 heavy (non-hydrogen) atoms. The van der Waals surface area contributed by atoms with Gasteiger partial charge in [0.25, 0.3) is 0 Å². The van der Waals surface area contributed by atoms with Gasteiger partial charge in [-0.1, -0.05) is 89.6 Å². The molecule has 0 N–H and O–H groups in total.